The van der Waals surface area contributed by atoms with Crippen LogP contribution < -0.4 is 10.4 Å². The van der Waals surface area contributed by atoms with Gasteiger partial charge in [-0.3, -0.25) is 0 Å². The largest absolute Gasteiger partial charge is 0.404 e. The molecule has 1 nitrogen and oxygen atoms in total. The van der Waals surface area contributed by atoms with Crippen molar-refractivity contribution in [2.24, 2.45) is 11.3 Å². The number of halogens is 1. The second-order valence-electron chi connectivity index (χ2n) is 11.8. The molecule has 1 spiro atoms. The van der Waals surface area contributed by atoms with Crippen LogP contribution in [0.25, 0.3) is 5.57 Å². The van der Waals surface area contributed by atoms with Gasteiger partial charge in [0.05, 0.1) is 0 Å². The van der Waals surface area contributed by atoms with E-state index in [1.54, 1.807) is 0 Å². The Morgan fingerprint density at radius 1 is 0.943 bits per heavy atom. The van der Waals surface area contributed by atoms with Crippen LogP contribution in [0.2, 0.25) is 5.04 Å². The molecule has 2 aliphatic carbocycles. The first-order chi connectivity index (χ1) is 16.7. The van der Waals surface area contributed by atoms with E-state index in [0.29, 0.717) is 5.92 Å². The molecule has 0 unspecified atom stereocenters. The van der Waals surface area contributed by atoms with Crippen LogP contribution in [0, 0.1) is 11.3 Å². The van der Waals surface area contributed by atoms with Crippen LogP contribution in [0.15, 0.2) is 89.9 Å². The molecule has 2 aliphatic rings. The fourth-order valence-electron chi connectivity index (χ4n) is 6.82. The number of hydrogen-bond donors (Lipinski definition) is 0. The zero-order valence-corrected chi connectivity index (χ0v) is 24.1. The molecule has 0 N–H and O–H groups in total. The lowest BCUT2D eigenvalue weighted by Gasteiger charge is -2.49. The molecule has 0 amide bonds. The van der Waals surface area contributed by atoms with Crippen molar-refractivity contribution in [3.8, 4) is 0 Å². The van der Waals surface area contributed by atoms with Gasteiger partial charge >= 0.3 is 0 Å². The lowest BCUT2D eigenvalue weighted by Crippen LogP contribution is -2.68. The molecule has 3 aromatic carbocycles. The van der Waals surface area contributed by atoms with Crippen LogP contribution in [0.3, 0.4) is 0 Å². The highest BCUT2D eigenvalue weighted by Gasteiger charge is 2.54. The van der Waals surface area contributed by atoms with Crippen molar-refractivity contribution in [2.45, 2.75) is 64.5 Å². The molecule has 0 heterocycles. The zero-order valence-electron chi connectivity index (χ0n) is 21.5. The van der Waals surface area contributed by atoms with Crippen LogP contribution in [-0.4, -0.2) is 14.4 Å². The molecule has 1 fully saturated rings. The van der Waals surface area contributed by atoms with Crippen molar-refractivity contribution < 1.29 is 4.43 Å². The van der Waals surface area contributed by atoms with Crippen LogP contribution in [0.4, 0.5) is 0 Å². The van der Waals surface area contributed by atoms with E-state index in [1.807, 2.05) is 0 Å². The zero-order chi connectivity index (χ0) is 24.8. The van der Waals surface area contributed by atoms with Gasteiger partial charge in [0.15, 0.2) is 0 Å². The fraction of sp³-hybridized carbons (Fsp3) is 0.375. The van der Waals surface area contributed by atoms with Gasteiger partial charge < -0.3 is 4.43 Å². The molecule has 182 valence electrons. The summed E-state index contributed by atoms with van der Waals surface area (Å²) < 4.78 is 8.71. The number of allylic oxidation sites excluding steroid dienone is 1. The minimum Gasteiger partial charge on any atom is -0.404 e. The van der Waals surface area contributed by atoms with E-state index >= 15 is 0 Å². The molecular weight excluding hydrogens is 508 g/mol. The average Bonchev–Trinajstić information content (AvgIpc) is 3.09. The Bertz CT molecular complexity index is 1170. The van der Waals surface area contributed by atoms with Gasteiger partial charge in [0.25, 0.3) is 8.32 Å². The maximum absolute atomic E-state index is 7.56. The van der Waals surface area contributed by atoms with E-state index in [2.05, 4.69) is 129 Å². The summed E-state index contributed by atoms with van der Waals surface area (Å²) in [6.45, 7) is 14.2. The molecule has 3 heteroatoms. The van der Waals surface area contributed by atoms with E-state index in [0.717, 1.165) is 30.2 Å². The third kappa shape index (κ3) is 4.20. The first-order valence-corrected chi connectivity index (χ1v) is 15.6. The second kappa shape index (κ2) is 9.17. The van der Waals surface area contributed by atoms with Gasteiger partial charge in [0.1, 0.15) is 0 Å². The molecule has 0 aliphatic heterocycles. The summed E-state index contributed by atoms with van der Waals surface area (Å²) in [5, 5.41) is 2.74. The second-order valence-corrected chi connectivity index (χ2v) is 16.9. The standard InChI is InChI=1S/C32H37BrOSi/c1-23-21-32(22-25-16-17-26(33)20-29(25)24(32)2)19-18-30(23)34-35(31(3,4)5,27-12-8-6-9-13-27)28-14-10-7-11-15-28/h6-17,20,23,30H,2,18-19,21-22H2,1,3-5H3/t23-,30-,32-/m0/s1. The average molecular weight is 546 g/mol. The van der Waals surface area contributed by atoms with Gasteiger partial charge in [-0.2, -0.15) is 0 Å². The minimum absolute atomic E-state index is 0.00400. The first kappa shape index (κ1) is 24.7. The summed E-state index contributed by atoms with van der Waals surface area (Å²) in [5.41, 5.74) is 4.33. The Labute approximate surface area is 220 Å². The fourth-order valence-corrected chi connectivity index (χ4v) is 12.0. The monoisotopic (exact) mass is 544 g/mol. The Morgan fingerprint density at radius 3 is 2.09 bits per heavy atom. The van der Waals surface area contributed by atoms with Gasteiger partial charge in [-0.05, 0) is 81.3 Å². The number of fused-ring (bicyclic) bond motifs is 1. The van der Waals surface area contributed by atoms with Gasteiger partial charge in [-0.15, -0.1) is 0 Å². The first-order valence-electron chi connectivity index (χ1n) is 12.9. The Hall–Kier alpha value is -1.94. The van der Waals surface area contributed by atoms with Gasteiger partial charge in [-0.25, -0.2) is 0 Å². The van der Waals surface area contributed by atoms with Gasteiger partial charge in [0, 0.05) is 10.6 Å². The van der Waals surface area contributed by atoms with E-state index in [4.69, 9.17) is 4.43 Å². The third-order valence-corrected chi connectivity index (χ3v) is 14.1. The molecule has 1 saturated carbocycles. The van der Waals surface area contributed by atoms with E-state index < -0.39 is 8.32 Å². The number of hydrogen-bond acceptors (Lipinski definition) is 1. The summed E-state index contributed by atoms with van der Waals surface area (Å²) >= 11 is 3.67. The smallest absolute Gasteiger partial charge is 0.261 e. The number of rotatable bonds is 4. The topological polar surface area (TPSA) is 9.23 Å². The van der Waals surface area contributed by atoms with Crippen LogP contribution in [0.1, 0.15) is 58.1 Å². The normalized spacial score (nSPS) is 24.5. The summed E-state index contributed by atoms with van der Waals surface area (Å²) in [4.78, 5) is 0. The van der Waals surface area contributed by atoms with Crippen LogP contribution >= 0.6 is 15.9 Å². The lowest BCUT2D eigenvalue weighted by atomic mass is 9.65. The van der Waals surface area contributed by atoms with Crippen molar-refractivity contribution in [3.63, 3.8) is 0 Å². The Balaban J connectivity index is 1.49. The number of benzene rings is 3. The molecule has 3 atom stereocenters. The van der Waals surface area contributed by atoms with E-state index in [9.17, 15) is 0 Å². The van der Waals surface area contributed by atoms with Crippen LogP contribution in [-0.2, 0) is 10.8 Å². The van der Waals surface area contributed by atoms with Crippen molar-refractivity contribution in [1.82, 2.24) is 0 Å². The Kier molecular flexibility index (Phi) is 6.48. The minimum atomic E-state index is -2.55. The van der Waals surface area contributed by atoms with Gasteiger partial charge in [-0.1, -0.05) is 117 Å². The summed E-state index contributed by atoms with van der Waals surface area (Å²) in [7, 11) is -2.55. The third-order valence-electron chi connectivity index (χ3n) is 8.57. The SMILES string of the molecule is C=C1c2cc(Br)ccc2C[C@@]12CC[C@H](O[Si](c1ccccc1)(c1ccccc1)C(C)(C)C)[C@@H](C)C2. The highest BCUT2D eigenvalue weighted by molar-refractivity contribution is 9.10. The van der Waals surface area contributed by atoms with Gasteiger partial charge in [0.2, 0.25) is 0 Å². The molecule has 3 aromatic rings. The summed E-state index contributed by atoms with van der Waals surface area (Å²) in [6.07, 6.45) is 4.73. The molecule has 0 radical (unpaired) electrons. The predicted molar refractivity (Wildman–Crippen MR) is 155 cm³/mol. The Morgan fingerprint density at radius 2 is 1.54 bits per heavy atom. The van der Waals surface area contributed by atoms with Crippen molar-refractivity contribution in [2.75, 3.05) is 0 Å². The van der Waals surface area contributed by atoms with Crippen molar-refractivity contribution >= 4 is 40.2 Å². The molecule has 0 bridgehead atoms. The van der Waals surface area contributed by atoms with E-state index in [-0.39, 0.29) is 16.6 Å². The summed E-state index contributed by atoms with van der Waals surface area (Å²) in [5.74, 6) is 0.472. The van der Waals surface area contributed by atoms with E-state index in [1.165, 1.54) is 27.1 Å². The molecule has 35 heavy (non-hydrogen) atoms. The highest BCUT2D eigenvalue weighted by Crippen LogP contribution is 2.56. The molecule has 5 rings (SSSR count). The highest BCUT2D eigenvalue weighted by atomic mass is 79.9. The predicted octanol–water partition coefficient (Wildman–Crippen LogP) is 7.77. The lowest BCUT2D eigenvalue weighted by molar-refractivity contribution is 0.0512. The maximum atomic E-state index is 7.56. The summed E-state index contributed by atoms with van der Waals surface area (Å²) in [6, 6.07) is 28.8. The van der Waals surface area contributed by atoms with Crippen molar-refractivity contribution in [3.05, 3.63) is 101 Å². The maximum Gasteiger partial charge on any atom is 0.261 e. The van der Waals surface area contributed by atoms with Crippen molar-refractivity contribution in [1.29, 1.82) is 0 Å². The molecule has 0 saturated heterocycles. The quantitative estimate of drug-likeness (QED) is 0.305. The molecular formula is C32H37BrOSi. The molecule has 0 aromatic heterocycles. The van der Waals surface area contributed by atoms with Crippen LogP contribution in [0.5, 0.6) is 0 Å².